The summed E-state index contributed by atoms with van der Waals surface area (Å²) >= 11 is 0. The second kappa shape index (κ2) is 6.53. The Bertz CT molecular complexity index is 656. The molecular formula is C18H26N2O2. The van der Waals surface area contributed by atoms with Crippen molar-refractivity contribution in [1.29, 1.82) is 0 Å². The molecule has 0 bridgehead atoms. The topological polar surface area (TPSA) is 65.1 Å². The number of aliphatic hydroxyl groups excluding tert-OH is 1. The summed E-state index contributed by atoms with van der Waals surface area (Å²) in [6.07, 6.45) is 2.59. The van der Waals surface area contributed by atoms with E-state index in [1.54, 1.807) is 6.92 Å². The van der Waals surface area contributed by atoms with E-state index >= 15 is 0 Å². The van der Waals surface area contributed by atoms with Crippen LogP contribution in [0.2, 0.25) is 0 Å². The maximum atomic E-state index is 12.2. The number of aryl methyl sites for hydroxylation is 1. The Morgan fingerprint density at radius 3 is 2.82 bits per heavy atom. The third-order valence-electron chi connectivity index (χ3n) is 3.96. The minimum absolute atomic E-state index is 0.0165. The number of aliphatic hydroxyl groups is 1. The Balaban J connectivity index is 2.00. The molecular weight excluding hydrogens is 276 g/mol. The molecule has 0 radical (unpaired) electrons. The maximum Gasteiger partial charge on any atom is 0.224 e. The van der Waals surface area contributed by atoms with Crippen LogP contribution in [0.4, 0.5) is 0 Å². The molecule has 1 heterocycles. The van der Waals surface area contributed by atoms with E-state index in [1.807, 2.05) is 18.3 Å². The van der Waals surface area contributed by atoms with E-state index in [-0.39, 0.29) is 17.4 Å². The lowest BCUT2D eigenvalue weighted by Crippen LogP contribution is -2.36. The largest absolute Gasteiger partial charge is 0.393 e. The molecule has 1 amide bonds. The van der Waals surface area contributed by atoms with Crippen LogP contribution in [0, 0.1) is 12.3 Å². The van der Waals surface area contributed by atoms with Crippen LogP contribution in [-0.2, 0) is 11.2 Å². The third-order valence-corrected chi connectivity index (χ3v) is 3.96. The number of hydrogen-bond acceptors (Lipinski definition) is 2. The summed E-state index contributed by atoms with van der Waals surface area (Å²) < 4.78 is 0. The van der Waals surface area contributed by atoms with Crippen LogP contribution in [-0.4, -0.2) is 28.6 Å². The van der Waals surface area contributed by atoms with Crippen LogP contribution in [0.25, 0.3) is 10.9 Å². The molecule has 0 aliphatic heterocycles. The summed E-state index contributed by atoms with van der Waals surface area (Å²) in [7, 11) is 0. The van der Waals surface area contributed by atoms with Crippen molar-refractivity contribution in [3.05, 3.63) is 35.5 Å². The normalized spacial score (nSPS) is 13.3. The minimum atomic E-state index is -0.358. The molecule has 0 fully saturated rings. The van der Waals surface area contributed by atoms with Gasteiger partial charge in [0.15, 0.2) is 0 Å². The average molecular weight is 302 g/mol. The summed E-state index contributed by atoms with van der Waals surface area (Å²) in [5.41, 5.74) is 3.16. The van der Waals surface area contributed by atoms with Gasteiger partial charge in [-0.05, 0) is 42.9 Å². The highest BCUT2D eigenvalue weighted by atomic mass is 16.3. The molecule has 4 nitrogen and oxygen atoms in total. The van der Waals surface area contributed by atoms with Gasteiger partial charge in [-0.2, -0.15) is 0 Å². The fourth-order valence-electron chi connectivity index (χ4n) is 3.04. The Labute approximate surface area is 131 Å². The van der Waals surface area contributed by atoms with Crippen molar-refractivity contribution in [2.75, 3.05) is 6.54 Å². The number of nitrogens with one attached hydrogen (secondary N) is 2. The molecule has 1 atom stereocenters. The van der Waals surface area contributed by atoms with Gasteiger partial charge < -0.3 is 15.4 Å². The SMILES string of the molecule is Cc1cccc2[nH]cc(CC(=O)NCC(C)(C)CC(C)O)c12. The van der Waals surface area contributed by atoms with Crippen molar-refractivity contribution in [2.45, 2.75) is 46.6 Å². The van der Waals surface area contributed by atoms with Crippen LogP contribution < -0.4 is 5.32 Å². The van der Waals surface area contributed by atoms with Gasteiger partial charge in [-0.3, -0.25) is 4.79 Å². The van der Waals surface area contributed by atoms with Crippen LogP contribution in [0.15, 0.2) is 24.4 Å². The lowest BCUT2D eigenvalue weighted by molar-refractivity contribution is -0.121. The highest BCUT2D eigenvalue weighted by molar-refractivity contribution is 5.91. The van der Waals surface area contributed by atoms with Gasteiger partial charge >= 0.3 is 0 Å². The second-order valence-corrected chi connectivity index (χ2v) is 6.98. The number of amides is 1. The Hall–Kier alpha value is -1.81. The molecule has 0 saturated carbocycles. The van der Waals surface area contributed by atoms with Gasteiger partial charge in [0.25, 0.3) is 0 Å². The second-order valence-electron chi connectivity index (χ2n) is 6.98. The number of aromatic amines is 1. The number of rotatable bonds is 6. The third kappa shape index (κ3) is 4.10. The predicted molar refractivity (Wildman–Crippen MR) is 89.8 cm³/mol. The highest BCUT2D eigenvalue weighted by Crippen LogP contribution is 2.23. The number of benzene rings is 1. The van der Waals surface area contributed by atoms with Crippen molar-refractivity contribution in [2.24, 2.45) is 5.41 Å². The molecule has 3 N–H and O–H groups in total. The van der Waals surface area contributed by atoms with E-state index in [0.29, 0.717) is 19.4 Å². The number of carbonyl (C=O) groups is 1. The van der Waals surface area contributed by atoms with Crippen LogP contribution >= 0.6 is 0 Å². The zero-order valence-corrected chi connectivity index (χ0v) is 13.9. The van der Waals surface area contributed by atoms with Gasteiger partial charge in [0, 0.05) is 23.6 Å². The van der Waals surface area contributed by atoms with Crippen LogP contribution in [0.1, 0.15) is 38.3 Å². The van der Waals surface area contributed by atoms with E-state index < -0.39 is 0 Å². The van der Waals surface area contributed by atoms with Crippen molar-refractivity contribution in [1.82, 2.24) is 10.3 Å². The standard InChI is InChI=1S/C18H26N2O2/c1-12-6-5-7-15-17(12)14(10-19-15)8-16(22)20-11-18(3,4)9-13(2)21/h5-7,10,13,19,21H,8-9,11H2,1-4H3,(H,20,22). The number of H-pyrrole nitrogens is 1. The molecule has 4 heteroatoms. The monoisotopic (exact) mass is 302 g/mol. The Morgan fingerprint density at radius 2 is 2.14 bits per heavy atom. The lowest BCUT2D eigenvalue weighted by atomic mass is 9.87. The summed E-state index contributed by atoms with van der Waals surface area (Å²) in [5, 5.41) is 13.6. The van der Waals surface area contributed by atoms with Gasteiger partial charge in [0.1, 0.15) is 0 Å². The van der Waals surface area contributed by atoms with E-state index in [2.05, 4.69) is 37.1 Å². The smallest absolute Gasteiger partial charge is 0.224 e. The molecule has 120 valence electrons. The fraction of sp³-hybridized carbons (Fsp3) is 0.500. The highest BCUT2D eigenvalue weighted by Gasteiger charge is 2.21. The maximum absolute atomic E-state index is 12.2. The quantitative estimate of drug-likeness (QED) is 0.768. The van der Waals surface area contributed by atoms with Gasteiger partial charge in [-0.1, -0.05) is 26.0 Å². The number of hydrogen-bond donors (Lipinski definition) is 3. The molecule has 1 aromatic heterocycles. The van der Waals surface area contributed by atoms with E-state index in [4.69, 9.17) is 0 Å². The van der Waals surface area contributed by atoms with E-state index in [0.717, 1.165) is 16.5 Å². The molecule has 2 aromatic rings. The van der Waals surface area contributed by atoms with E-state index in [1.165, 1.54) is 5.56 Å². The first-order chi connectivity index (χ1) is 10.3. The fourth-order valence-corrected chi connectivity index (χ4v) is 3.04. The lowest BCUT2D eigenvalue weighted by Gasteiger charge is -2.26. The molecule has 1 unspecified atom stereocenters. The molecule has 2 rings (SSSR count). The summed E-state index contributed by atoms with van der Waals surface area (Å²) in [6.45, 7) is 8.51. The molecule has 0 spiro atoms. The van der Waals surface area contributed by atoms with Crippen molar-refractivity contribution >= 4 is 16.8 Å². The first-order valence-electron chi connectivity index (χ1n) is 7.79. The number of aromatic nitrogens is 1. The van der Waals surface area contributed by atoms with Gasteiger partial charge in [0.2, 0.25) is 5.91 Å². The minimum Gasteiger partial charge on any atom is -0.393 e. The van der Waals surface area contributed by atoms with Gasteiger partial charge in [0.05, 0.1) is 12.5 Å². The Kier molecular flexibility index (Phi) is 4.91. The molecule has 0 aliphatic rings. The summed E-state index contributed by atoms with van der Waals surface area (Å²) in [6, 6.07) is 6.09. The van der Waals surface area contributed by atoms with Gasteiger partial charge in [-0.15, -0.1) is 0 Å². The molecule has 0 saturated heterocycles. The van der Waals surface area contributed by atoms with Crippen molar-refractivity contribution < 1.29 is 9.90 Å². The van der Waals surface area contributed by atoms with Crippen molar-refractivity contribution in [3.8, 4) is 0 Å². The Morgan fingerprint density at radius 1 is 1.41 bits per heavy atom. The number of carbonyl (C=O) groups excluding carboxylic acids is 1. The zero-order valence-electron chi connectivity index (χ0n) is 13.9. The summed E-state index contributed by atoms with van der Waals surface area (Å²) in [5.74, 6) is 0.0165. The predicted octanol–water partition coefficient (Wildman–Crippen LogP) is 2.93. The molecule has 1 aromatic carbocycles. The van der Waals surface area contributed by atoms with Crippen LogP contribution in [0.3, 0.4) is 0 Å². The first kappa shape index (κ1) is 16.6. The molecule has 22 heavy (non-hydrogen) atoms. The van der Waals surface area contributed by atoms with Crippen LogP contribution in [0.5, 0.6) is 0 Å². The van der Waals surface area contributed by atoms with E-state index in [9.17, 15) is 9.90 Å². The van der Waals surface area contributed by atoms with Crippen molar-refractivity contribution in [3.63, 3.8) is 0 Å². The zero-order chi connectivity index (χ0) is 16.3. The average Bonchev–Trinajstić information content (AvgIpc) is 2.80. The number of fused-ring (bicyclic) bond motifs is 1. The first-order valence-corrected chi connectivity index (χ1v) is 7.79. The molecule has 0 aliphatic carbocycles. The summed E-state index contributed by atoms with van der Waals surface area (Å²) in [4.78, 5) is 15.4. The van der Waals surface area contributed by atoms with Gasteiger partial charge in [-0.25, -0.2) is 0 Å².